The molecule has 0 heterocycles. The van der Waals surface area contributed by atoms with Gasteiger partial charge in [0.05, 0.1) is 18.3 Å². The molecule has 0 radical (unpaired) electrons. The van der Waals surface area contributed by atoms with Crippen molar-refractivity contribution in [1.82, 2.24) is 0 Å². The molecule has 0 aliphatic heterocycles. The van der Waals surface area contributed by atoms with Crippen LogP contribution in [0.5, 0.6) is 0 Å². The zero-order chi connectivity index (χ0) is 21.5. The molecular weight excluding hydrogens is 372 g/mol. The summed E-state index contributed by atoms with van der Waals surface area (Å²) in [6.07, 6.45) is 16.9. The van der Waals surface area contributed by atoms with Gasteiger partial charge in [-0.3, -0.25) is 0 Å². The third kappa shape index (κ3) is 4.40. The minimum atomic E-state index is -0.621. The van der Waals surface area contributed by atoms with Crippen molar-refractivity contribution in [2.24, 2.45) is 29.1 Å². The van der Waals surface area contributed by atoms with Crippen molar-refractivity contribution in [3.8, 4) is 0 Å². The summed E-state index contributed by atoms with van der Waals surface area (Å²) < 4.78 is 0. The van der Waals surface area contributed by atoms with E-state index in [-0.39, 0.29) is 6.10 Å². The zero-order valence-electron chi connectivity index (χ0n) is 18.8. The van der Waals surface area contributed by atoms with Crippen LogP contribution in [0.3, 0.4) is 0 Å². The van der Waals surface area contributed by atoms with E-state index < -0.39 is 12.2 Å². The van der Waals surface area contributed by atoms with Crippen molar-refractivity contribution in [2.75, 3.05) is 0 Å². The molecule has 166 valence electrons. The molecule has 4 saturated carbocycles. The van der Waals surface area contributed by atoms with Gasteiger partial charge in [-0.15, -0.1) is 0 Å². The Morgan fingerprint density at radius 2 is 1.87 bits per heavy atom. The largest absolute Gasteiger partial charge is 0.393 e. The second-order valence-corrected chi connectivity index (χ2v) is 10.7. The van der Waals surface area contributed by atoms with E-state index in [1.54, 1.807) is 0 Å². The van der Waals surface area contributed by atoms with Gasteiger partial charge >= 0.3 is 0 Å². The van der Waals surface area contributed by atoms with Crippen LogP contribution in [0.15, 0.2) is 47.6 Å². The lowest BCUT2D eigenvalue weighted by Gasteiger charge is -2.44. The Morgan fingerprint density at radius 3 is 2.60 bits per heavy atom. The van der Waals surface area contributed by atoms with Gasteiger partial charge in [-0.25, -0.2) is 0 Å². The topological polar surface area (TPSA) is 60.7 Å². The summed E-state index contributed by atoms with van der Waals surface area (Å²) in [5.41, 5.74) is 3.63. The molecule has 0 aromatic heterocycles. The van der Waals surface area contributed by atoms with Gasteiger partial charge in [-0.2, -0.15) is 0 Å². The number of hydrogen-bond acceptors (Lipinski definition) is 3. The van der Waals surface area contributed by atoms with E-state index in [2.05, 4.69) is 44.7 Å². The zero-order valence-corrected chi connectivity index (χ0v) is 18.8. The lowest BCUT2D eigenvalue weighted by Crippen LogP contribution is -2.35. The molecule has 3 heteroatoms. The first-order chi connectivity index (χ1) is 14.3. The van der Waals surface area contributed by atoms with Crippen LogP contribution in [0.2, 0.25) is 0 Å². The summed E-state index contributed by atoms with van der Waals surface area (Å²) in [6.45, 7) is 8.88. The van der Waals surface area contributed by atoms with E-state index in [0.717, 1.165) is 17.6 Å². The minimum absolute atomic E-state index is 0.250. The Kier molecular flexibility index (Phi) is 6.44. The molecule has 0 amide bonds. The Bertz CT molecular complexity index is 743. The molecule has 0 bridgehead atoms. The van der Waals surface area contributed by atoms with Crippen molar-refractivity contribution in [1.29, 1.82) is 0 Å². The van der Waals surface area contributed by atoms with Gasteiger partial charge in [0.25, 0.3) is 0 Å². The highest BCUT2D eigenvalue weighted by molar-refractivity contribution is 5.38. The molecule has 4 aliphatic rings. The molecule has 0 aromatic carbocycles. The van der Waals surface area contributed by atoms with Crippen LogP contribution in [0.1, 0.15) is 71.6 Å². The maximum Gasteiger partial charge on any atom is 0.0811 e. The molecule has 0 spiro atoms. The van der Waals surface area contributed by atoms with Gasteiger partial charge in [0.2, 0.25) is 0 Å². The van der Waals surface area contributed by atoms with Gasteiger partial charge in [0, 0.05) is 6.42 Å². The van der Waals surface area contributed by atoms with E-state index in [4.69, 9.17) is 0 Å². The molecule has 0 saturated heterocycles. The van der Waals surface area contributed by atoms with Crippen molar-refractivity contribution in [3.63, 3.8) is 0 Å². The number of aliphatic hydroxyl groups is 3. The summed E-state index contributed by atoms with van der Waals surface area (Å²) in [5, 5.41) is 30.4. The van der Waals surface area contributed by atoms with Gasteiger partial charge in [-0.05, 0) is 91.6 Å². The maximum absolute atomic E-state index is 10.2. The molecule has 4 rings (SSSR count). The van der Waals surface area contributed by atoms with Gasteiger partial charge < -0.3 is 15.3 Å². The van der Waals surface area contributed by atoms with Crippen molar-refractivity contribution in [2.45, 2.75) is 89.9 Å². The van der Waals surface area contributed by atoms with Crippen LogP contribution in [0.4, 0.5) is 0 Å². The third-order valence-corrected chi connectivity index (χ3v) is 8.65. The molecule has 3 nitrogen and oxygen atoms in total. The maximum atomic E-state index is 10.2. The van der Waals surface area contributed by atoms with E-state index >= 15 is 0 Å². The highest BCUT2D eigenvalue weighted by atomic mass is 16.3. The Morgan fingerprint density at radius 1 is 1.10 bits per heavy atom. The van der Waals surface area contributed by atoms with Crippen LogP contribution in [-0.4, -0.2) is 33.6 Å². The van der Waals surface area contributed by atoms with Gasteiger partial charge in [-0.1, -0.05) is 50.3 Å². The van der Waals surface area contributed by atoms with Crippen LogP contribution in [-0.2, 0) is 0 Å². The average molecular weight is 413 g/mol. The molecular formula is C27H40O3. The van der Waals surface area contributed by atoms with Crippen molar-refractivity contribution in [3.05, 3.63) is 47.6 Å². The fourth-order valence-corrected chi connectivity index (χ4v) is 6.63. The number of hydrogen-bond donors (Lipinski definition) is 3. The second-order valence-electron chi connectivity index (χ2n) is 10.7. The molecule has 4 fully saturated rings. The SMILES string of the molecule is C=C1/C(=C/C=C2/CCC[C@]3(C)[C@@H]([C@H](C)C=C[C@@H](O)C4CC4)CC[C@@H]23)C[C@@H](O)C[C@@H]1O. The summed E-state index contributed by atoms with van der Waals surface area (Å²) in [4.78, 5) is 0. The highest BCUT2D eigenvalue weighted by Crippen LogP contribution is 2.59. The monoisotopic (exact) mass is 412 g/mol. The fourth-order valence-electron chi connectivity index (χ4n) is 6.63. The molecule has 4 aliphatic carbocycles. The second kappa shape index (κ2) is 8.76. The van der Waals surface area contributed by atoms with Crippen molar-refractivity contribution < 1.29 is 15.3 Å². The molecule has 30 heavy (non-hydrogen) atoms. The lowest BCUT2D eigenvalue weighted by molar-refractivity contribution is 0.0862. The molecule has 3 N–H and O–H groups in total. The first kappa shape index (κ1) is 22.0. The standard InChI is InChI=1S/C27H40O3/c1-17(6-13-25(29)20-8-9-20)23-11-12-24-19(5-4-14-27(23,24)3)7-10-21-15-22(28)16-26(30)18(21)2/h6-7,10,13,17,20,22-26,28-30H,2,4-5,8-9,11-12,14-16H2,1,3H3/b13-6?,19-7-,21-10+/t17-,22-,23-,24+,25-,26+,27-/m1/s1. The quantitative estimate of drug-likeness (QED) is 0.551. The van der Waals surface area contributed by atoms with E-state index in [9.17, 15) is 15.3 Å². The Hall–Kier alpha value is -1.16. The smallest absolute Gasteiger partial charge is 0.0811 e. The number of allylic oxidation sites excluding steroid dienone is 4. The van der Waals surface area contributed by atoms with Crippen molar-refractivity contribution >= 4 is 0 Å². The van der Waals surface area contributed by atoms with E-state index in [1.165, 1.54) is 44.1 Å². The fraction of sp³-hybridized carbons (Fsp3) is 0.704. The lowest BCUT2D eigenvalue weighted by atomic mass is 9.61. The normalized spacial score (nSPS) is 42.1. The molecule has 0 aromatic rings. The predicted molar refractivity (Wildman–Crippen MR) is 122 cm³/mol. The first-order valence-electron chi connectivity index (χ1n) is 12.1. The van der Waals surface area contributed by atoms with E-state index in [1.807, 2.05) is 0 Å². The first-order valence-corrected chi connectivity index (χ1v) is 12.1. The Balaban J connectivity index is 1.48. The van der Waals surface area contributed by atoms with Crippen LogP contribution in [0, 0.1) is 29.1 Å². The summed E-state index contributed by atoms with van der Waals surface area (Å²) in [7, 11) is 0. The molecule has 7 atom stereocenters. The summed E-state index contributed by atoms with van der Waals surface area (Å²) >= 11 is 0. The minimum Gasteiger partial charge on any atom is -0.393 e. The average Bonchev–Trinajstić information content (AvgIpc) is 3.49. The predicted octanol–water partition coefficient (Wildman–Crippen LogP) is 5.09. The third-order valence-electron chi connectivity index (χ3n) is 8.65. The number of rotatable bonds is 5. The highest BCUT2D eigenvalue weighted by Gasteiger charge is 2.50. The Labute approximate surface area is 182 Å². The van der Waals surface area contributed by atoms with Gasteiger partial charge in [0.15, 0.2) is 0 Å². The number of aliphatic hydroxyl groups excluding tert-OH is 3. The molecule has 0 unspecified atom stereocenters. The number of fused-ring (bicyclic) bond motifs is 1. The van der Waals surface area contributed by atoms with E-state index in [0.29, 0.717) is 41.9 Å². The summed E-state index contributed by atoms with van der Waals surface area (Å²) in [5.74, 6) is 2.28. The van der Waals surface area contributed by atoms with Crippen LogP contribution >= 0.6 is 0 Å². The van der Waals surface area contributed by atoms with Crippen LogP contribution in [0.25, 0.3) is 0 Å². The van der Waals surface area contributed by atoms with Crippen LogP contribution < -0.4 is 0 Å². The van der Waals surface area contributed by atoms with Gasteiger partial charge in [0.1, 0.15) is 0 Å². The summed E-state index contributed by atoms with van der Waals surface area (Å²) in [6, 6.07) is 0.